The van der Waals surface area contributed by atoms with Crippen molar-refractivity contribution < 1.29 is 14.8 Å². The molecule has 1 atom stereocenters. The molecule has 28 heavy (non-hydrogen) atoms. The largest absolute Gasteiger partial charge is 0.391 e. The first-order valence-corrected chi connectivity index (χ1v) is 10.3. The number of piperazine rings is 1. The maximum Gasteiger partial charge on any atom is 0.226 e. The normalized spacial score (nSPS) is 20.3. The highest BCUT2D eigenvalue weighted by Crippen LogP contribution is 2.34. The third-order valence-electron chi connectivity index (χ3n) is 5.84. The van der Waals surface area contributed by atoms with Gasteiger partial charge in [0.1, 0.15) is 6.54 Å². The van der Waals surface area contributed by atoms with E-state index in [0.29, 0.717) is 17.0 Å². The number of Topliss-reactive ketones (excluding diaryl/α,β-unsaturated/α-hetero) is 1. The van der Waals surface area contributed by atoms with E-state index in [0.717, 1.165) is 62.0 Å². The number of hydrogen-bond acceptors (Lipinski definition) is 5. The quantitative estimate of drug-likeness (QED) is 0.801. The summed E-state index contributed by atoms with van der Waals surface area (Å²) in [7, 11) is 0. The fourth-order valence-corrected chi connectivity index (χ4v) is 4.53. The van der Waals surface area contributed by atoms with E-state index in [2.05, 4.69) is 9.88 Å². The van der Waals surface area contributed by atoms with Gasteiger partial charge in [0.05, 0.1) is 49.7 Å². The van der Waals surface area contributed by atoms with Crippen LogP contribution in [0, 0.1) is 6.92 Å². The van der Waals surface area contributed by atoms with Gasteiger partial charge in [-0.3, -0.25) is 4.79 Å². The molecule has 0 saturated carbocycles. The number of hydrogen-bond donors (Lipinski definition) is 2. The first-order valence-electron chi connectivity index (χ1n) is 9.90. The van der Waals surface area contributed by atoms with Gasteiger partial charge in [0, 0.05) is 11.4 Å². The Morgan fingerprint density at radius 1 is 1.25 bits per heavy atom. The summed E-state index contributed by atoms with van der Waals surface area (Å²) in [6.07, 6.45) is 1.20. The monoisotopic (exact) mass is 401 g/mol. The smallest absolute Gasteiger partial charge is 0.226 e. The Morgan fingerprint density at radius 2 is 2.04 bits per heavy atom. The molecule has 0 spiro atoms. The number of nitrogens with one attached hydrogen (secondary N) is 1. The predicted octanol–water partition coefficient (Wildman–Crippen LogP) is 1.05. The molecule has 2 heterocycles. The standard InChI is InChI=1S/C21H25ClN4O2/c1-14-20-18(12-16(13-19(20)28)15-3-2-4-17(22)11-15)24-21(23-14)26-7-5-25(6-8-26)9-10-27/h2-4,11,16,27H,5-10,12-13H2,1H3/p+1/t16-/m1/s1. The number of rotatable bonds is 4. The Bertz CT molecular complexity index is 881. The molecule has 2 N–H and O–H groups in total. The number of carbonyl (C=O) groups excluding carboxylic acids is 1. The van der Waals surface area contributed by atoms with Gasteiger partial charge < -0.3 is 14.9 Å². The third-order valence-corrected chi connectivity index (χ3v) is 6.08. The number of fused-ring (bicyclic) bond motifs is 1. The van der Waals surface area contributed by atoms with Crippen molar-refractivity contribution >= 4 is 23.3 Å². The van der Waals surface area contributed by atoms with Crippen LogP contribution in [0.5, 0.6) is 0 Å². The van der Waals surface area contributed by atoms with Crippen molar-refractivity contribution in [2.24, 2.45) is 0 Å². The van der Waals surface area contributed by atoms with Gasteiger partial charge in [0.15, 0.2) is 5.78 Å². The van der Waals surface area contributed by atoms with Crippen LogP contribution in [0.25, 0.3) is 0 Å². The van der Waals surface area contributed by atoms with Gasteiger partial charge >= 0.3 is 0 Å². The van der Waals surface area contributed by atoms with Gasteiger partial charge in [0.2, 0.25) is 5.95 Å². The molecule has 1 saturated heterocycles. The van der Waals surface area contributed by atoms with Gasteiger partial charge in [-0.05, 0) is 37.0 Å². The highest BCUT2D eigenvalue weighted by atomic mass is 35.5. The Labute approximate surface area is 170 Å². The minimum Gasteiger partial charge on any atom is -0.391 e. The van der Waals surface area contributed by atoms with Crippen LogP contribution >= 0.6 is 11.6 Å². The van der Waals surface area contributed by atoms with Gasteiger partial charge in [-0.15, -0.1) is 0 Å². The number of nitrogens with zero attached hydrogens (tertiary/aromatic N) is 3. The molecule has 1 aromatic carbocycles. The fraction of sp³-hybridized carbons (Fsp3) is 0.476. The number of aliphatic hydroxyl groups excluding tert-OH is 1. The second kappa shape index (κ2) is 8.15. The molecule has 0 bridgehead atoms. The van der Waals surface area contributed by atoms with Crippen molar-refractivity contribution in [3.05, 3.63) is 51.8 Å². The molecule has 2 aliphatic rings. The Balaban J connectivity index is 1.58. The van der Waals surface area contributed by atoms with Gasteiger partial charge in [-0.25, -0.2) is 9.97 Å². The zero-order valence-electron chi connectivity index (χ0n) is 16.1. The number of anilines is 1. The van der Waals surface area contributed by atoms with Crippen LogP contribution in [0.15, 0.2) is 24.3 Å². The summed E-state index contributed by atoms with van der Waals surface area (Å²) in [5, 5.41) is 9.82. The Morgan fingerprint density at radius 3 is 2.75 bits per heavy atom. The predicted molar refractivity (Wildman–Crippen MR) is 108 cm³/mol. The number of aromatic nitrogens is 2. The van der Waals surface area contributed by atoms with Crippen molar-refractivity contribution in [2.75, 3.05) is 44.2 Å². The summed E-state index contributed by atoms with van der Waals surface area (Å²) in [5.41, 5.74) is 3.42. The van der Waals surface area contributed by atoms with Crippen molar-refractivity contribution in [3.8, 4) is 0 Å². The molecule has 6 nitrogen and oxygen atoms in total. The molecule has 1 aliphatic heterocycles. The summed E-state index contributed by atoms with van der Waals surface area (Å²) >= 11 is 6.15. The number of halogens is 1. The van der Waals surface area contributed by atoms with Crippen LogP contribution in [0.4, 0.5) is 5.95 Å². The van der Waals surface area contributed by atoms with E-state index < -0.39 is 0 Å². The molecular formula is C21H26ClN4O2+. The van der Waals surface area contributed by atoms with Crippen LogP contribution in [-0.2, 0) is 6.42 Å². The van der Waals surface area contributed by atoms with Crippen molar-refractivity contribution in [3.63, 3.8) is 0 Å². The second-order valence-electron chi connectivity index (χ2n) is 7.72. The molecular weight excluding hydrogens is 376 g/mol. The molecule has 1 fully saturated rings. The van der Waals surface area contributed by atoms with E-state index in [1.165, 1.54) is 4.90 Å². The molecule has 7 heteroatoms. The third kappa shape index (κ3) is 3.90. The van der Waals surface area contributed by atoms with Crippen molar-refractivity contribution in [2.45, 2.75) is 25.7 Å². The Kier molecular flexibility index (Phi) is 5.62. The summed E-state index contributed by atoms with van der Waals surface area (Å²) in [5.74, 6) is 0.943. The first kappa shape index (κ1) is 19.3. The molecule has 0 amide bonds. The van der Waals surface area contributed by atoms with E-state index >= 15 is 0 Å². The Hall–Kier alpha value is -2.02. The lowest BCUT2D eigenvalue weighted by atomic mass is 9.81. The number of aryl methyl sites for hydroxylation is 1. The minimum absolute atomic E-state index is 0.103. The van der Waals surface area contributed by atoms with E-state index in [4.69, 9.17) is 21.7 Å². The van der Waals surface area contributed by atoms with Crippen LogP contribution < -0.4 is 9.80 Å². The zero-order valence-corrected chi connectivity index (χ0v) is 16.9. The van der Waals surface area contributed by atoms with E-state index in [1.54, 1.807) is 0 Å². The lowest BCUT2D eigenvalue weighted by Gasteiger charge is -2.33. The lowest BCUT2D eigenvalue weighted by molar-refractivity contribution is -0.900. The van der Waals surface area contributed by atoms with E-state index in [-0.39, 0.29) is 18.3 Å². The van der Waals surface area contributed by atoms with E-state index in [1.807, 2.05) is 31.2 Å². The van der Waals surface area contributed by atoms with Crippen LogP contribution in [0.3, 0.4) is 0 Å². The summed E-state index contributed by atoms with van der Waals surface area (Å²) < 4.78 is 0. The molecule has 4 rings (SSSR count). The molecule has 2 aromatic rings. The summed E-state index contributed by atoms with van der Waals surface area (Å²) in [6, 6.07) is 7.77. The number of quaternary nitrogens is 1. The average Bonchev–Trinajstić information content (AvgIpc) is 2.68. The van der Waals surface area contributed by atoms with Gasteiger partial charge in [0.25, 0.3) is 0 Å². The number of benzene rings is 1. The zero-order chi connectivity index (χ0) is 19.7. The molecule has 0 unspecified atom stereocenters. The molecule has 148 valence electrons. The van der Waals surface area contributed by atoms with Crippen LogP contribution in [0.1, 0.15) is 39.6 Å². The number of carbonyl (C=O) groups is 1. The van der Waals surface area contributed by atoms with Crippen molar-refractivity contribution in [1.82, 2.24) is 9.97 Å². The minimum atomic E-state index is 0.103. The average molecular weight is 402 g/mol. The van der Waals surface area contributed by atoms with Crippen molar-refractivity contribution in [1.29, 1.82) is 0 Å². The molecule has 0 radical (unpaired) electrons. The van der Waals surface area contributed by atoms with Crippen LogP contribution in [-0.4, -0.2) is 60.2 Å². The second-order valence-corrected chi connectivity index (χ2v) is 8.16. The highest BCUT2D eigenvalue weighted by Gasteiger charge is 2.31. The molecule has 1 aromatic heterocycles. The molecule has 1 aliphatic carbocycles. The summed E-state index contributed by atoms with van der Waals surface area (Å²) in [4.78, 5) is 25.9. The fourth-order valence-electron chi connectivity index (χ4n) is 4.33. The topological polar surface area (TPSA) is 70.8 Å². The lowest BCUT2D eigenvalue weighted by Crippen LogP contribution is -3.15. The highest BCUT2D eigenvalue weighted by molar-refractivity contribution is 6.30. The number of ketones is 1. The van der Waals surface area contributed by atoms with Gasteiger partial charge in [-0.1, -0.05) is 23.7 Å². The van der Waals surface area contributed by atoms with Crippen LogP contribution in [0.2, 0.25) is 5.02 Å². The maximum atomic E-state index is 12.8. The number of aliphatic hydroxyl groups is 1. The summed E-state index contributed by atoms with van der Waals surface area (Å²) in [6.45, 7) is 6.56. The van der Waals surface area contributed by atoms with Gasteiger partial charge in [-0.2, -0.15) is 0 Å². The first-order chi connectivity index (χ1) is 13.5. The van der Waals surface area contributed by atoms with E-state index in [9.17, 15) is 4.79 Å². The SMILES string of the molecule is Cc1nc(N2CC[NH+](CCO)CC2)nc2c1C(=O)C[C@H](c1cccc(Cl)c1)C2. The maximum absolute atomic E-state index is 12.8.